The molecule has 0 aliphatic heterocycles. The number of anilines is 2. The Morgan fingerprint density at radius 1 is 1.21 bits per heavy atom. The molecule has 0 saturated carbocycles. The van der Waals surface area contributed by atoms with Crippen LogP contribution >= 0.6 is 0 Å². The number of aromatic nitrogens is 2. The standard InChI is InChI=1S/C15H20N4/c1-3-13-14(16)17-10-18-15(13)19-11(2)9-12-7-5-4-6-8-12/h4-8,10-11H,3,9H2,1-2H3,(H3,16,17,18,19). The molecule has 1 aromatic carbocycles. The molecule has 4 heteroatoms. The highest BCUT2D eigenvalue weighted by Gasteiger charge is 2.10. The molecule has 1 unspecified atom stereocenters. The summed E-state index contributed by atoms with van der Waals surface area (Å²) in [5.41, 5.74) is 8.17. The summed E-state index contributed by atoms with van der Waals surface area (Å²) in [4.78, 5) is 8.32. The van der Waals surface area contributed by atoms with Gasteiger partial charge in [0.25, 0.3) is 0 Å². The molecule has 100 valence electrons. The van der Waals surface area contributed by atoms with E-state index in [2.05, 4.69) is 53.4 Å². The SMILES string of the molecule is CCc1c(N)ncnc1NC(C)Cc1ccccc1. The molecular formula is C15H20N4. The van der Waals surface area contributed by atoms with Gasteiger partial charge in [0, 0.05) is 11.6 Å². The Bertz CT molecular complexity index is 525. The minimum absolute atomic E-state index is 0.294. The normalized spacial score (nSPS) is 12.1. The number of rotatable bonds is 5. The Hall–Kier alpha value is -2.10. The van der Waals surface area contributed by atoms with Gasteiger partial charge in [0.15, 0.2) is 0 Å². The third kappa shape index (κ3) is 3.44. The zero-order valence-electron chi connectivity index (χ0n) is 11.4. The van der Waals surface area contributed by atoms with Crippen LogP contribution in [0.15, 0.2) is 36.7 Å². The number of nitrogen functional groups attached to an aromatic ring is 1. The monoisotopic (exact) mass is 256 g/mol. The summed E-state index contributed by atoms with van der Waals surface area (Å²) in [6.07, 6.45) is 3.28. The maximum Gasteiger partial charge on any atom is 0.134 e. The molecule has 0 saturated heterocycles. The molecule has 0 aliphatic rings. The third-order valence-corrected chi connectivity index (χ3v) is 3.10. The molecule has 0 amide bonds. The lowest BCUT2D eigenvalue weighted by molar-refractivity contribution is 0.780. The van der Waals surface area contributed by atoms with Crippen LogP contribution in [0.4, 0.5) is 11.6 Å². The maximum absolute atomic E-state index is 5.87. The Kier molecular flexibility index (Phi) is 4.34. The van der Waals surface area contributed by atoms with Crippen LogP contribution in [0.3, 0.4) is 0 Å². The zero-order chi connectivity index (χ0) is 13.7. The van der Waals surface area contributed by atoms with E-state index in [4.69, 9.17) is 5.73 Å². The van der Waals surface area contributed by atoms with E-state index in [0.29, 0.717) is 11.9 Å². The van der Waals surface area contributed by atoms with Crippen molar-refractivity contribution in [2.24, 2.45) is 0 Å². The lowest BCUT2D eigenvalue weighted by Gasteiger charge is -2.17. The predicted octanol–water partition coefficient (Wildman–Crippen LogP) is 2.66. The number of hydrogen-bond donors (Lipinski definition) is 2. The first-order valence-electron chi connectivity index (χ1n) is 6.60. The molecular weight excluding hydrogens is 236 g/mol. The number of benzene rings is 1. The van der Waals surface area contributed by atoms with Crippen LogP contribution in [0.2, 0.25) is 0 Å². The number of nitrogens with one attached hydrogen (secondary N) is 1. The zero-order valence-corrected chi connectivity index (χ0v) is 11.4. The molecule has 0 aliphatic carbocycles. The van der Waals surface area contributed by atoms with Crippen LogP contribution in [0.1, 0.15) is 25.0 Å². The van der Waals surface area contributed by atoms with Gasteiger partial charge >= 0.3 is 0 Å². The van der Waals surface area contributed by atoms with Crippen LogP contribution in [0.5, 0.6) is 0 Å². The molecule has 19 heavy (non-hydrogen) atoms. The molecule has 2 rings (SSSR count). The molecule has 1 atom stereocenters. The molecule has 1 heterocycles. The van der Waals surface area contributed by atoms with Crippen molar-refractivity contribution in [3.05, 3.63) is 47.8 Å². The summed E-state index contributed by atoms with van der Waals surface area (Å²) < 4.78 is 0. The number of nitrogens with two attached hydrogens (primary N) is 1. The van der Waals surface area contributed by atoms with Gasteiger partial charge in [-0.25, -0.2) is 9.97 Å². The molecule has 1 aromatic heterocycles. The van der Waals surface area contributed by atoms with Gasteiger partial charge in [0.2, 0.25) is 0 Å². The van der Waals surface area contributed by atoms with E-state index in [1.807, 2.05) is 6.07 Å². The van der Waals surface area contributed by atoms with E-state index in [-0.39, 0.29) is 0 Å². The highest BCUT2D eigenvalue weighted by atomic mass is 15.1. The third-order valence-electron chi connectivity index (χ3n) is 3.10. The minimum Gasteiger partial charge on any atom is -0.383 e. The second kappa shape index (κ2) is 6.18. The van der Waals surface area contributed by atoms with Gasteiger partial charge < -0.3 is 11.1 Å². The summed E-state index contributed by atoms with van der Waals surface area (Å²) in [5, 5.41) is 3.42. The van der Waals surface area contributed by atoms with Crippen molar-refractivity contribution in [3.63, 3.8) is 0 Å². The summed E-state index contributed by atoms with van der Waals surface area (Å²) in [6, 6.07) is 10.7. The largest absolute Gasteiger partial charge is 0.383 e. The van der Waals surface area contributed by atoms with Gasteiger partial charge in [0.1, 0.15) is 18.0 Å². The number of nitrogens with zero attached hydrogens (tertiary/aromatic N) is 2. The lowest BCUT2D eigenvalue weighted by Crippen LogP contribution is -2.20. The smallest absolute Gasteiger partial charge is 0.134 e. The summed E-state index contributed by atoms with van der Waals surface area (Å²) in [5.74, 6) is 1.41. The second-order valence-corrected chi connectivity index (χ2v) is 4.67. The summed E-state index contributed by atoms with van der Waals surface area (Å²) in [6.45, 7) is 4.20. The van der Waals surface area contributed by atoms with Crippen LogP contribution in [0, 0.1) is 0 Å². The Morgan fingerprint density at radius 3 is 2.63 bits per heavy atom. The lowest BCUT2D eigenvalue weighted by atomic mass is 10.1. The van der Waals surface area contributed by atoms with Crippen molar-refractivity contribution in [1.29, 1.82) is 0 Å². The van der Waals surface area contributed by atoms with Crippen LogP contribution < -0.4 is 11.1 Å². The molecule has 0 fully saturated rings. The fourth-order valence-electron chi connectivity index (χ4n) is 2.15. The average Bonchev–Trinajstić information content (AvgIpc) is 2.40. The average molecular weight is 256 g/mol. The first kappa shape index (κ1) is 13.3. The maximum atomic E-state index is 5.87. The first-order valence-corrected chi connectivity index (χ1v) is 6.60. The van der Waals surface area contributed by atoms with E-state index in [1.54, 1.807) is 0 Å². The second-order valence-electron chi connectivity index (χ2n) is 4.67. The molecule has 0 bridgehead atoms. The van der Waals surface area contributed by atoms with E-state index in [1.165, 1.54) is 11.9 Å². The Labute approximate surface area is 114 Å². The van der Waals surface area contributed by atoms with Crippen molar-refractivity contribution >= 4 is 11.6 Å². The molecule has 2 aromatic rings. The van der Waals surface area contributed by atoms with Crippen molar-refractivity contribution < 1.29 is 0 Å². The summed E-state index contributed by atoms with van der Waals surface area (Å²) >= 11 is 0. The van der Waals surface area contributed by atoms with Crippen LogP contribution in [0.25, 0.3) is 0 Å². The quantitative estimate of drug-likeness (QED) is 0.863. The first-order chi connectivity index (χ1) is 9.20. The molecule has 3 N–H and O–H groups in total. The van der Waals surface area contributed by atoms with E-state index in [0.717, 1.165) is 24.2 Å². The molecule has 0 radical (unpaired) electrons. The van der Waals surface area contributed by atoms with Gasteiger partial charge in [-0.05, 0) is 25.3 Å². The van der Waals surface area contributed by atoms with Gasteiger partial charge in [-0.2, -0.15) is 0 Å². The molecule has 0 spiro atoms. The number of hydrogen-bond acceptors (Lipinski definition) is 4. The van der Waals surface area contributed by atoms with E-state index >= 15 is 0 Å². The highest BCUT2D eigenvalue weighted by molar-refractivity contribution is 5.55. The predicted molar refractivity (Wildman–Crippen MR) is 79.1 cm³/mol. The molecule has 4 nitrogen and oxygen atoms in total. The van der Waals surface area contributed by atoms with Crippen LogP contribution in [-0.4, -0.2) is 16.0 Å². The fraction of sp³-hybridized carbons (Fsp3) is 0.333. The summed E-state index contributed by atoms with van der Waals surface area (Å²) in [7, 11) is 0. The minimum atomic E-state index is 0.294. The topological polar surface area (TPSA) is 63.8 Å². The van der Waals surface area contributed by atoms with E-state index < -0.39 is 0 Å². The van der Waals surface area contributed by atoms with Crippen molar-refractivity contribution in [1.82, 2.24) is 9.97 Å². The Balaban J connectivity index is 2.07. The van der Waals surface area contributed by atoms with Crippen LogP contribution in [-0.2, 0) is 12.8 Å². The Morgan fingerprint density at radius 2 is 1.95 bits per heavy atom. The van der Waals surface area contributed by atoms with E-state index in [9.17, 15) is 0 Å². The fourth-order valence-corrected chi connectivity index (χ4v) is 2.15. The van der Waals surface area contributed by atoms with Gasteiger partial charge in [-0.1, -0.05) is 37.3 Å². The van der Waals surface area contributed by atoms with Crippen molar-refractivity contribution in [2.45, 2.75) is 32.7 Å². The van der Waals surface area contributed by atoms with Gasteiger partial charge in [0.05, 0.1) is 0 Å². The van der Waals surface area contributed by atoms with Gasteiger partial charge in [-0.15, -0.1) is 0 Å². The van der Waals surface area contributed by atoms with Crippen molar-refractivity contribution in [3.8, 4) is 0 Å². The van der Waals surface area contributed by atoms with Gasteiger partial charge in [-0.3, -0.25) is 0 Å². The van der Waals surface area contributed by atoms with Crippen molar-refractivity contribution in [2.75, 3.05) is 11.1 Å². The highest BCUT2D eigenvalue weighted by Crippen LogP contribution is 2.19.